The second-order valence-corrected chi connectivity index (χ2v) is 4.87. The van der Waals surface area contributed by atoms with Crippen molar-refractivity contribution in [3.05, 3.63) is 52.1 Å². The minimum absolute atomic E-state index is 0.279. The SMILES string of the molecule is COc1ncccc1CNC(=O)Nc1cccc(Cl)c1Cl. The number of hydrogen-bond acceptors (Lipinski definition) is 3. The number of amides is 2. The van der Waals surface area contributed by atoms with E-state index in [2.05, 4.69) is 15.6 Å². The van der Waals surface area contributed by atoms with E-state index in [9.17, 15) is 4.79 Å². The summed E-state index contributed by atoms with van der Waals surface area (Å²) in [4.78, 5) is 15.9. The molecule has 110 valence electrons. The van der Waals surface area contributed by atoms with Crippen LogP contribution in [-0.2, 0) is 6.54 Å². The van der Waals surface area contributed by atoms with Crippen LogP contribution in [-0.4, -0.2) is 18.1 Å². The van der Waals surface area contributed by atoms with Crippen LogP contribution >= 0.6 is 23.2 Å². The number of carbonyl (C=O) groups is 1. The van der Waals surface area contributed by atoms with Crippen LogP contribution in [0.5, 0.6) is 5.88 Å². The molecule has 2 rings (SSSR count). The molecule has 2 amide bonds. The van der Waals surface area contributed by atoms with Gasteiger partial charge >= 0.3 is 6.03 Å². The second kappa shape index (κ2) is 7.15. The monoisotopic (exact) mass is 325 g/mol. The fourth-order valence-corrected chi connectivity index (χ4v) is 2.03. The number of hydrogen-bond donors (Lipinski definition) is 2. The fourth-order valence-electron chi connectivity index (χ4n) is 1.68. The van der Waals surface area contributed by atoms with Crippen LogP contribution in [0.1, 0.15) is 5.56 Å². The van der Waals surface area contributed by atoms with Gasteiger partial charge in [0.15, 0.2) is 0 Å². The number of anilines is 1. The molecule has 2 N–H and O–H groups in total. The van der Waals surface area contributed by atoms with Crippen LogP contribution in [0.2, 0.25) is 10.0 Å². The largest absolute Gasteiger partial charge is 0.481 e. The molecule has 0 aliphatic carbocycles. The smallest absolute Gasteiger partial charge is 0.319 e. The highest BCUT2D eigenvalue weighted by atomic mass is 35.5. The molecule has 0 bridgehead atoms. The van der Waals surface area contributed by atoms with Crippen LogP contribution in [0.15, 0.2) is 36.5 Å². The summed E-state index contributed by atoms with van der Waals surface area (Å²) < 4.78 is 5.11. The van der Waals surface area contributed by atoms with Gasteiger partial charge in [0.1, 0.15) is 0 Å². The highest BCUT2D eigenvalue weighted by Gasteiger charge is 2.09. The minimum atomic E-state index is -0.398. The summed E-state index contributed by atoms with van der Waals surface area (Å²) in [5.74, 6) is 0.471. The van der Waals surface area contributed by atoms with Gasteiger partial charge in [0.05, 0.1) is 22.8 Å². The second-order valence-electron chi connectivity index (χ2n) is 4.08. The third-order valence-electron chi connectivity index (χ3n) is 2.68. The number of rotatable bonds is 4. The quantitative estimate of drug-likeness (QED) is 0.900. The number of carbonyl (C=O) groups excluding carboxylic acids is 1. The Hall–Kier alpha value is -1.98. The van der Waals surface area contributed by atoms with E-state index in [4.69, 9.17) is 27.9 Å². The highest BCUT2D eigenvalue weighted by molar-refractivity contribution is 6.43. The lowest BCUT2D eigenvalue weighted by molar-refractivity contribution is 0.251. The topological polar surface area (TPSA) is 63.2 Å². The molecule has 0 spiro atoms. The number of halogens is 2. The maximum Gasteiger partial charge on any atom is 0.319 e. The van der Waals surface area contributed by atoms with Crippen LogP contribution in [0.25, 0.3) is 0 Å². The predicted octanol–water partition coefficient (Wildman–Crippen LogP) is 3.72. The van der Waals surface area contributed by atoms with Gasteiger partial charge in [-0.2, -0.15) is 0 Å². The molecule has 21 heavy (non-hydrogen) atoms. The number of nitrogens with one attached hydrogen (secondary N) is 2. The Kier molecular flexibility index (Phi) is 5.25. The summed E-state index contributed by atoms with van der Waals surface area (Å²) in [7, 11) is 1.53. The van der Waals surface area contributed by atoms with Crippen molar-refractivity contribution >= 4 is 34.9 Å². The number of urea groups is 1. The summed E-state index contributed by atoms with van der Waals surface area (Å²) in [5.41, 5.74) is 1.21. The summed E-state index contributed by atoms with van der Waals surface area (Å²) in [5, 5.41) is 6.01. The van der Waals surface area contributed by atoms with Crippen LogP contribution < -0.4 is 15.4 Å². The first kappa shape index (κ1) is 15.4. The zero-order valence-corrected chi connectivity index (χ0v) is 12.7. The Morgan fingerprint density at radius 2 is 2.10 bits per heavy atom. The van der Waals surface area contributed by atoms with Crippen LogP contribution in [0, 0.1) is 0 Å². The Labute approximate surface area is 132 Å². The maximum absolute atomic E-state index is 11.9. The molecule has 1 heterocycles. The van der Waals surface area contributed by atoms with Gasteiger partial charge in [-0.1, -0.05) is 35.3 Å². The molecular formula is C14H13Cl2N3O2. The van der Waals surface area contributed by atoms with E-state index in [1.165, 1.54) is 7.11 Å². The van der Waals surface area contributed by atoms with Crippen molar-refractivity contribution in [2.45, 2.75) is 6.54 Å². The Morgan fingerprint density at radius 1 is 1.29 bits per heavy atom. The zero-order chi connectivity index (χ0) is 15.2. The van der Waals surface area contributed by atoms with Crippen LogP contribution in [0.3, 0.4) is 0 Å². The Bertz CT molecular complexity index is 650. The lowest BCUT2D eigenvalue weighted by Gasteiger charge is -2.11. The van der Waals surface area contributed by atoms with Gasteiger partial charge < -0.3 is 15.4 Å². The summed E-state index contributed by atoms with van der Waals surface area (Å²) >= 11 is 11.9. The van der Waals surface area contributed by atoms with E-state index in [0.717, 1.165) is 5.56 Å². The number of methoxy groups -OCH3 is 1. The van der Waals surface area contributed by atoms with Crippen molar-refractivity contribution in [3.8, 4) is 5.88 Å². The first-order valence-electron chi connectivity index (χ1n) is 6.08. The van der Waals surface area contributed by atoms with Crippen molar-refractivity contribution in [1.82, 2.24) is 10.3 Å². The van der Waals surface area contributed by atoms with Gasteiger partial charge in [0.2, 0.25) is 5.88 Å². The molecule has 7 heteroatoms. The van der Waals surface area contributed by atoms with Crippen molar-refractivity contribution in [3.63, 3.8) is 0 Å². The Morgan fingerprint density at radius 3 is 2.86 bits per heavy atom. The summed E-state index contributed by atoms with van der Waals surface area (Å²) in [6, 6.07) is 8.20. The maximum atomic E-state index is 11.9. The molecule has 1 aromatic heterocycles. The van der Waals surface area contributed by atoms with Gasteiger partial charge in [0, 0.05) is 18.3 Å². The van der Waals surface area contributed by atoms with Gasteiger partial charge in [-0.05, 0) is 18.2 Å². The van der Waals surface area contributed by atoms with Crippen LogP contribution in [0.4, 0.5) is 10.5 Å². The summed E-state index contributed by atoms with van der Waals surface area (Å²) in [6.45, 7) is 0.279. The van der Waals surface area contributed by atoms with Crippen molar-refractivity contribution in [1.29, 1.82) is 0 Å². The molecule has 0 saturated carbocycles. The van der Waals surface area contributed by atoms with Gasteiger partial charge in [-0.3, -0.25) is 0 Å². The predicted molar refractivity (Wildman–Crippen MR) is 83.1 cm³/mol. The average Bonchev–Trinajstić information content (AvgIpc) is 2.50. The molecule has 0 radical (unpaired) electrons. The zero-order valence-electron chi connectivity index (χ0n) is 11.2. The molecule has 0 aliphatic rings. The molecule has 0 saturated heterocycles. The molecule has 0 fully saturated rings. The highest BCUT2D eigenvalue weighted by Crippen LogP contribution is 2.29. The molecular weight excluding hydrogens is 313 g/mol. The first-order valence-corrected chi connectivity index (χ1v) is 6.84. The number of nitrogens with zero attached hydrogens (tertiary/aromatic N) is 1. The fraction of sp³-hybridized carbons (Fsp3) is 0.143. The van der Waals surface area contributed by atoms with E-state index in [0.29, 0.717) is 21.6 Å². The summed E-state index contributed by atoms with van der Waals surface area (Å²) in [6.07, 6.45) is 1.62. The molecule has 0 unspecified atom stereocenters. The normalized spacial score (nSPS) is 10.0. The van der Waals surface area contributed by atoms with Gasteiger partial charge in [-0.15, -0.1) is 0 Å². The average molecular weight is 326 g/mol. The third-order valence-corrected chi connectivity index (χ3v) is 3.50. The lowest BCUT2D eigenvalue weighted by Crippen LogP contribution is -2.28. The third kappa shape index (κ3) is 4.00. The minimum Gasteiger partial charge on any atom is -0.481 e. The number of ether oxygens (including phenoxy) is 1. The van der Waals surface area contributed by atoms with Gasteiger partial charge in [-0.25, -0.2) is 9.78 Å². The molecule has 5 nitrogen and oxygen atoms in total. The standard InChI is InChI=1S/C14H13Cl2N3O2/c1-21-13-9(4-3-7-17-13)8-18-14(20)19-11-6-2-5-10(15)12(11)16/h2-7H,8H2,1H3,(H2,18,19,20). The van der Waals surface area contributed by atoms with E-state index in [1.54, 1.807) is 30.5 Å². The number of aromatic nitrogens is 1. The van der Waals surface area contributed by atoms with E-state index in [1.807, 2.05) is 6.07 Å². The number of benzene rings is 1. The van der Waals surface area contributed by atoms with E-state index >= 15 is 0 Å². The van der Waals surface area contributed by atoms with E-state index in [-0.39, 0.29) is 6.54 Å². The van der Waals surface area contributed by atoms with Gasteiger partial charge in [0.25, 0.3) is 0 Å². The first-order chi connectivity index (χ1) is 10.1. The van der Waals surface area contributed by atoms with Crippen molar-refractivity contribution < 1.29 is 9.53 Å². The van der Waals surface area contributed by atoms with Crippen molar-refractivity contribution in [2.24, 2.45) is 0 Å². The van der Waals surface area contributed by atoms with Crippen molar-refractivity contribution in [2.75, 3.05) is 12.4 Å². The molecule has 2 aromatic rings. The Balaban J connectivity index is 1.98. The lowest BCUT2D eigenvalue weighted by atomic mass is 10.2. The molecule has 0 atom stereocenters. The van der Waals surface area contributed by atoms with E-state index < -0.39 is 6.03 Å². The molecule has 1 aromatic carbocycles. The number of pyridine rings is 1. The molecule has 0 aliphatic heterocycles.